The molecule has 1 aromatic carbocycles. The van der Waals surface area contributed by atoms with Crippen LogP contribution in [0.25, 0.3) is 0 Å². The topological polar surface area (TPSA) is 96.2 Å². The molecule has 0 atom stereocenters. The molecular weight excluding hydrogens is 426 g/mol. The van der Waals surface area contributed by atoms with Crippen LogP contribution in [0.15, 0.2) is 60.0 Å². The molecule has 32 heavy (non-hydrogen) atoms. The molecule has 1 N–H and O–H groups in total. The maximum Gasteiger partial charge on any atom is 0.265 e. The second-order valence-corrected chi connectivity index (χ2v) is 9.68. The van der Waals surface area contributed by atoms with Gasteiger partial charge >= 0.3 is 0 Å². The average Bonchev–Trinajstić information content (AvgIpc) is 3.29. The highest BCUT2D eigenvalue weighted by atomic mass is 32.2. The van der Waals surface area contributed by atoms with Gasteiger partial charge in [0.25, 0.3) is 10.0 Å². The van der Waals surface area contributed by atoms with Crippen LogP contribution in [0, 0.1) is 6.92 Å². The van der Waals surface area contributed by atoms with E-state index in [1.54, 1.807) is 35.4 Å². The van der Waals surface area contributed by atoms with Crippen LogP contribution in [0.1, 0.15) is 18.4 Å². The zero-order valence-electron chi connectivity index (χ0n) is 18.3. The highest BCUT2D eigenvalue weighted by Crippen LogP contribution is 2.16. The normalized spacial score (nSPS) is 15.1. The van der Waals surface area contributed by atoms with E-state index in [-0.39, 0.29) is 4.90 Å². The van der Waals surface area contributed by atoms with E-state index in [4.69, 9.17) is 0 Å². The van der Waals surface area contributed by atoms with Crippen LogP contribution in [0.2, 0.25) is 0 Å². The zero-order chi connectivity index (χ0) is 22.4. The smallest absolute Gasteiger partial charge is 0.265 e. The van der Waals surface area contributed by atoms with Crippen molar-refractivity contribution >= 4 is 21.7 Å². The van der Waals surface area contributed by atoms with Crippen LogP contribution in [-0.2, 0) is 16.6 Å². The van der Waals surface area contributed by atoms with E-state index in [2.05, 4.69) is 29.6 Å². The molecule has 0 bridgehead atoms. The molecule has 1 fully saturated rings. The van der Waals surface area contributed by atoms with E-state index in [0.717, 1.165) is 57.1 Å². The predicted molar refractivity (Wildman–Crippen MR) is 124 cm³/mol. The molecule has 1 aliphatic rings. The lowest BCUT2D eigenvalue weighted by molar-refractivity contribution is 0.249. The molecule has 0 saturated carbocycles. The molecule has 1 saturated heterocycles. The highest BCUT2D eigenvalue weighted by molar-refractivity contribution is 7.92. The van der Waals surface area contributed by atoms with Gasteiger partial charge in [-0.15, -0.1) is 0 Å². The number of aromatic nitrogens is 4. The Balaban J connectivity index is 1.19. The fraction of sp³-hybridized carbons (Fsp3) is 0.409. The van der Waals surface area contributed by atoms with Gasteiger partial charge in [-0.25, -0.2) is 18.4 Å². The van der Waals surface area contributed by atoms with Gasteiger partial charge in [-0.2, -0.15) is 5.10 Å². The molecule has 9 nitrogen and oxygen atoms in total. The SMILES string of the molecule is Cc1ccc(NS(=O)(=O)c2cnn(CCCCN3CCN(c4ncccn4)CC3)c2)cc1. The predicted octanol–water partition coefficient (Wildman–Crippen LogP) is 2.38. The fourth-order valence-electron chi connectivity index (χ4n) is 3.68. The minimum atomic E-state index is -3.64. The molecule has 3 heterocycles. The van der Waals surface area contributed by atoms with Gasteiger partial charge in [-0.05, 0) is 44.5 Å². The molecule has 0 amide bonds. The summed E-state index contributed by atoms with van der Waals surface area (Å²) in [5, 5.41) is 4.23. The number of nitrogens with one attached hydrogen (secondary N) is 1. The van der Waals surface area contributed by atoms with Gasteiger partial charge in [0.15, 0.2) is 0 Å². The Bertz CT molecular complexity index is 1090. The average molecular weight is 456 g/mol. The Labute approximate surface area is 189 Å². The summed E-state index contributed by atoms with van der Waals surface area (Å²) < 4.78 is 29.5. The van der Waals surface area contributed by atoms with E-state index in [1.165, 1.54) is 6.20 Å². The summed E-state index contributed by atoms with van der Waals surface area (Å²) in [4.78, 5) is 13.5. The van der Waals surface area contributed by atoms with E-state index in [1.807, 2.05) is 25.1 Å². The van der Waals surface area contributed by atoms with Crippen molar-refractivity contribution in [3.63, 3.8) is 0 Å². The van der Waals surface area contributed by atoms with Crippen molar-refractivity contribution in [2.24, 2.45) is 0 Å². The van der Waals surface area contributed by atoms with Crippen LogP contribution >= 0.6 is 0 Å². The standard InChI is InChI=1S/C22H29N7O2S/c1-19-5-7-20(8-6-19)26-32(30,31)21-17-25-29(18-21)12-3-2-11-27-13-15-28(16-14-27)22-23-9-4-10-24-22/h4-10,17-18,26H,2-3,11-16H2,1H3. The van der Waals surface area contributed by atoms with Crippen LogP contribution in [0.4, 0.5) is 11.6 Å². The fourth-order valence-corrected chi connectivity index (χ4v) is 4.69. The number of piperazine rings is 1. The molecule has 4 rings (SSSR count). The summed E-state index contributed by atoms with van der Waals surface area (Å²) in [7, 11) is -3.64. The number of sulfonamides is 1. The number of benzene rings is 1. The number of unbranched alkanes of at least 4 members (excludes halogenated alkanes) is 1. The Kier molecular flexibility index (Phi) is 7.01. The first-order valence-electron chi connectivity index (χ1n) is 10.9. The number of rotatable bonds is 9. The summed E-state index contributed by atoms with van der Waals surface area (Å²) in [6, 6.07) is 9.08. The zero-order valence-corrected chi connectivity index (χ0v) is 19.1. The van der Waals surface area contributed by atoms with E-state index in [0.29, 0.717) is 12.2 Å². The quantitative estimate of drug-likeness (QED) is 0.495. The van der Waals surface area contributed by atoms with Crippen molar-refractivity contribution in [2.45, 2.75) is 31.2 Å². The first-order chi connectivity index (χ1) is 15.5. The van der Waals surface area contributed by atoms with Crippen LogP contribution in [0.5, 0.6) is 0 Å². The number of nitrogens with zero attached hydrogens (tertiary/aromatic N) is 6. The van der Waals surface area contributed by atoms with Gasteiger partial charge in [0.05, 0.1) is 6.20 Å². The van der Waals surface area contributed by atoms with Crippen molar-refractivity contribution in [3.05, 3.63) is 60.7 Å². The van der Waals surface area contributed by atoms with Crippen molar-refractivity contribution in [1.82, 2.24) is 24.6 Å². The molecule has 0 radical (unpaired) electrons. The molecule has 0 spiro atoms. The van der Waals surface area contributed by atoms with Crippen LogP contribution < -0.4 is 9.62 Å². The number of aryl methyl sites for hydroxylation is 2. The number of hydrogen-bond donors (Lipinski definition) is 1. The highest BCUT2D eigenvalue weighted by Gasteiger charge is 2.19. The Hall–Kier alpha value is -2.98. The van der Waals surface area contributed by atoms with Gasteiger partial charge < -0.3 is 4.90 Å². The third kappa shape index (κ3) is 5.83. The van der Waals surface area contributed by atoms with E-state index < -0.39 is 10.0 Å². The second-order valence-electron chi connectivity index (χ2n) is 8.00. The first-order valence-corrected chi connectivity index (χ1v) is 12.3. The summed E-state index contributed by atoms with van der Waals surface area (Å²) in [5.74, 6) is 0.799. The van der Waals surface area contributed by atoms with Crippen molar-refractivity contribution in [3.8, 4) is 0 Å². The lowest BCUT2D eigenvalue weighted by Gasteiger charge is -2.34. The summed E-state index contributed by atoms with van der Waals surface area (Å²) in [6.07, 6.45) is 8.52. The van der Waals surface area contributed by atoms with Gasteiger partial charge in [-0.1, -0.05) is 17.7 Å². The van der Waals surface area contributed by atoms with E-state index in [9.17, 15) is 8.42 Å². The van der Waals surface area contributed by atoms with Crippen LogP contribution in [0.3, 0.4) is 0 Å². The molecule has 2 aromatic heterocycles. The first kappa shape index (κ1) is 22.2. The third-order valence-corrected chi connectivity index (χ3v) is 6.88. The molecule has 0 aliphatic carbocycles. The molecule has 1 aliphatic heterocycles. The Morgan fingerprint density at radius 3 is 2.38 bits per heavy atom. The lowest BCUT2D eigenvalue weighted by Crippen LogP contribution is -2.47. The van der Waals surface area contributed by atoms with Gasteiger partial charge in [-0.3, -0.25) is 14.3 Å². The summed E-state index contributed by atoms with van der Waals surface area (Å²) in [6.45, 7) is 7.52. The van der Waals surface area contributed by atoms with E-state index >= 15 is 0 Å². The van der Waals surface area contributed by atoms with Crippen molar-refractivity contribution < 1.29 is 8.42 Å². The van der Waals surface area contributed by atoms with Gasteiger partial charge in [0, 0.05) is 57.0 Å². The molecule has 0 unspecified atom stereocenters. The number of hydrogen-bond acceptors (Lipinski definition) is 7. The molecule has 10 heteroatoms. The molecule has 3 aromatic rings. The summed E-state index contributed by atoms with van der Waals surface area (Å²) >= 11 is 0. The van der Waals surface area contributed by atoms with Gasteiger partial charge in [0.2, 0.25) is 5.95 Å². The summed E-state index contributed by atoms with van der Waals surface area (Å²) in [5.41, 5.74) is 1.62. The van der Waals surface area contributed by atoms with Crippen molar-refractivity contribution in [1.29, 1.82) is 0 Å². The second kappa shape index (κ2) is 10.1. The Morgan fingerprint density at radius 1 is 0.969 bits per heavy atom. The maximum atomic E-state index is 12.6. The molecular formula is C22H29N7O2S. The third-order valence-electron chi connectivity index (χ3n) is 5.54. The Morgan fingerprint density at radius 2 is 1.66 bits per heavy atom. The maximum absolute atomic E-state index is 12.6. The number of anilines is 2. The van der Waals surface area contributed by atoms with Gasteiger partial charge in [0.1, 0.15) is 4.90 Å². The lowest BCUT2D eigenvalue weighted by atomic mass is 10.2. The largest absolute Gasteiger partial charge is 0.338 e. The monoisotopic (exact) mass is 455 g/mol. The minimum Gasteiger partial charge on any atom is -0.338 e. The van der Waals surface area contributed by atoms with Crippen LogP contribution in [-0.4, -0.2) is 65.8 Å². The van der Waals surface area contributed by atoms with Crippen molar-refractivity contribution in [2.75, 3.05) is 42.3 Å². The minimum absolute atomic E-state index is 0.178. The molecule has 170 valence electrons.